The molecule has 0 amide bonds. The molecule has 0 fully saturated rings. The molecule has 1 heterocycles. The molecule has 0 aliphatic carbocycles. The van der Waals surface area contributed by atoms with Crippen LogP contribution in [0.3, 0.4) is 0 Å². The van der Waals surface area contributed by atoms with Crippen LogP contribution in [0.5, 0.6) is 5.88 Å². The first kappa shape index (κ1) is 8.10. The largest absolute Gasteiger partial charge is 0.475 e. The molecule has 1 aromatic carbocycles. The molecule has 1 aromatic heterocycles. The van der Waals surface area contributed by atoms with Crippen molar-refractivity contribution in [2.75, 3.05) is 6.61 Å². The van der Waals surface area contributed by atoms with Crippen molar-refractivity contribution in [3.8, 4) is 5.88 Å². The fourth-order valence-corrected chi connectivity index (χ4v) is 1.26. The van der Waals surface area contributed by atoms with Crippen molar-refractivity contribution in [1.29, 1.82) is 0 Å². The van der Waals surface area contributed by atoms with Gasteiger partial charge in [-0.25, -0.2) is 0 Å². The minimum Gasteiger partial charge on any atom is -0.475 e. The molecule has 68 valence electrons. The normalized spacial score (nSPS) is 10.6. The van der Waals surface area contributed by atoms with Crippen LogP contribution in [0.1, 0.15) is 12.5 Å². The summed E-state index contributed by atoms with van der Waals surface area (Å²) in [4.78, 5) is 0. The summed E-state index contributed by atoms with van der Waals surface area (Å²) in [6.45, 7) is 4.55. The zero-order chi connectivity index (χ0) is 9.26. The second kappa shape index (κ2) is 3.09. The van der Waals surface area contributed by atoms with E-state index in [0.717, 1.165) is 16.5 Å². The molecule has 0 aliphatic rings. The maximum atomic E-state index is 5.29. The lowest BCUT2D eigenvalue weighted by molar-refractivity contribution is 0.301. The van der Waals surface area contributed by atoms with Gasteiger partial charge >= 0.3 is 0 Å². The fourth-order valence-electron chi connectivity index (χ4n) is 1.26. The number of benzene rings is 1. The van der Waals surface area contributed by atoms with Crippen LogP contribution < -0.4 is 4.74 Å². The summed E-state index contributed by atoms with van der Waals surface area (Å²) >= 11 is 0. The Hall–Kier alpha value is -1.51. The van der Waals surface area contributed by atoms with Crippen LogP contribution in [-0.4, -0.2) is 11.8 Å². The highest BCUT2D eigenvalue weighted by atomic mass is 16.5. The number of hydrogen-bond donors (Lipinski definition) is 0. The highest BCUT2D eigenvalue weighted by Crippen LogP contribution is 2.25. The Morgan fingerprint density at radius 1 is 1.46 bits per heavy atom. The smallest absolute Gasteiger partial charge is 0.262 e. The van der Waals surface area contributed by atoms with Gasteiger partial charge in [-0.2, -0.15) is 0 Å². The molecule has 0 saturated heterocycles. The monoisotopic (exact) mass is 177 g/mol. The van der Waals surface area contributed by atoms with Gasteiger partial charge < -0.3 is 9.26 Å². The van der Waals surface area contributed by atoms with Crippen LogP contribution >= 0.6 is 0 Å². The van der Waals surface area contributed by atoms with Gasteiger partial charge in [0.25, 0.3) is 5.88 Å². The second-order valence-corrected chi connectivity index (χ2v) is 2.92. The Bertz CT molecular complexity index is 420. The number of fused-ring (bicyclic) bond motifs is 1. The average Bonchev–Trinajstić information content (AvgIpc) is 2.49. The maximum Gasteiger partial charge on any atom is 0.262 e. The van der Waals surface area contributed by atoms with Gasteiger partial charge in [0.1, 0.15) is 0 Å². The molecule has 0 saturated carbocycles. The van der Waals surface area contributed by atoms with Gasteiger partial charge in [0.2, 0.25) is 0 Å². The van der Waals surface area contributed by atoms with E-state index in [1.165, 1.54) is 0 Å². The zero-order valence-electron chi connectivity index (χ0n) is 7.70. The number of nitrogens with zero attached hydrogens (tertiary/aromatic N) is 1. The Labute approximate surface area is 76.3 Å². The van der Waals surface area contributed by atoms with E-state index in [-0.39, 0.29) is 0 Å². The van der Waals surface area contributed by atoms with Gasteiger partial charge in [-0.05, 0) is 36.7 Å². The number of hydrogen-bond acceptors (Lipinski definition) is 3. The molecule has 0 atom stereocenters. The molecule has 0 unspecified atom stereocenters. The van der Waals surface area contributed by atoms with E-state index in [4.69, 9.17) is 9.26 Å². The molecule has 13 heavy (non-hydrogen) atoms. The van der Waals surface area contributed by atoms with Gasteiger partial charge in [-0.1, -0.05) is 6.07 Å². The highest BCUT2D eigenvalue weighted by molar-refractivity contribution is 5.82. The van der Waals surface area contributed by atoms with E-state index in [1.54, 1.807) is 0 Å². The summed E-state index contributed by atoms with van der Waals surface area (Å²) < 4.78 is 10.4. The first-order valence-electron chi connectivity index (χ1n) is 4.30. The highest BCUT2D eigenvalue weighted by Gasteiger charge is 2.07. The predicted molar refractivity (Wildman–Crippen MR) is 49.9 cm³/mol. The number of ether oxygens (including phenoxy) is 1. The van der Waals surface area contributed by atoms with Crippen molar-refractivity contribution < 1.29 is 9.26 Å². The van der Waals surface area contributed by atoms with Crippen LogP contribution in [0.4, 0.5) is 0 Å². The van der Waals surface area contributed by atoms with Crippen LogP contribution in [-0.2, 0) is 0 Å². The van der Waals surface area contributed by atoms with E-state index in [9.17, 15) is 0 Å². The third-order valence-electron chi connectivity index (χ3n) is 1.88. The maximum absolute atomic E-state index is 5.29. The number of rotatable bonds is 2. The molecule has 2 rings (SSSR count). The summed E-state index contributed by atoms with van der Waals surface area (Å²) in [5.41, 5.74) is 1.94. The lowest BCUT2D eigenvalue weighted by Crippen LogP contribution is -1.90. The van der Waals surface area contributed by atoms with E-state index < -0.39 is 0 Å². The third kappa shape index (κ3) is 1.37. The quantitative estimate of drug-likeness (QED) is 0.707. The van der Waals surface area contributed by atoms with Gasteiger partial charge in [0.05, 0.1) is 12.0 Å². The van der Waals surface area contributed by atoms with Crippen molar-refractivity contribution in [1.82, 2.24) is 5.16 Å². The number of aryl methyl sites for hydroxylation is 1. The summed E-state index contributed by atoms with van der Waals surface area (Å²) in [6.07, 6.45) is 0. The van der Waals surface area contributed by atoms with Crippen LogP contribution in [0.15, 0.2) is 22.7 Å². The summed E-state index contributed by atoms with van der Waals surface area (Å²) in [7, 11) is 0. The van der Waals surface area contributed by atoms with Crippen LogP contribution in [0, 0.1) is 6.92 Å². The molecule has 3 nitrogen and oxygen atoms in total. The van der Waals surface area contributed by atoms with Crippen molar-refractivity contribution in [2.24, 2.45) is 0 Å². The first-order valence-corrected chi connectivity index (χ1v) is 4.30. The van der Waals surface area contributed by atoms with Crippen molar-refractivity contribution >= 4 is 11.0 Å². The van der Waals surface area contributed by atoms with E-state index in [1.807, 2.05) is 32.0 Å². The Morgan fingerprint density at radius 2 is 2.31 bits per heavy atom. The van der Waals surface area contributed by atoms with Crippen molar-refractivity contribution in [3.63, 3.8) is 0 Å². The fraction of sp³-hybridized carbons (Fsp3) is 0.300. The van der Waals surface area contributed by atoms with Gasteiger partial charge in [-0.3, -0.25) is 0 Å². The minimum atomic E-state index is 0.581. The second-order valence-electron chi connectivity index (χ2n) is 2.92. The average molecular weight is 177 g/mol. The van der Waals surface area contributed by atoms with Gasteiger partial charge in [-0.15, -0.1) is 0 Å². The van der Waals surface area contributed by atoms with E-state index >= 15 is 0 Å². The van der Waals surface area contributed by atoms with Gasteiger partial charge in [0, 0.05) is 0 Å². The molecule has 0 bridgehead atoms. The Morgan fingerprint density at radius 3 is 3.08 bits per heavy atom. The van der Waals surface area contributed by atoms with E-state index in [0.29, 0.717) is 12.5 Å². The molecule has 0 aliphatic heterocycles. The molecule has 0 spiro atoms. The molecule has 0 N–H and O–H groups in total. The Balaban J connectivity index is 2.55. The van der Waals surface area contributed by atoms with Crippen LogP contribution in [0.2, 0.25) is 0 Å². The summed E-state index contributed by atoms with van der Waals surface area (Å²) in [5.74, 6) is 0.581. The molecular weight excluding hydrogens is 166 g/mol. The lowest BCUT2D eigenvalue weighted by Gasteiger charge is -1.95. The predicted octanol–water partition coefficient (Wildman–Crippen LogP) is 2.53. The standard InChI is InChI=1S/C10H11NO2/c1-3-12-10-8-5-4-7(2)6-9(8)13-11-10/h4-6H,3H2,1-2H3. The molecule has 0 radical (unpaired) electrons. The summed E-state index contributed by atoms with van der Waals surface area (Å²) in [6, 6.07) is 5.93. The summed E-state index contributed by atoms with van der Waals surface area (Å²) in [5, 5.41) is 4.77. The lowest BCUT2D eigenvalue weighted by atomic mass is 10.2. The molecule has 2 aromatic rings. The van der Waals surface area contributed by atoms with Crippen molar-refractivity contribution in [2.45, 2.75) is 13.8 Å². The SMILES string of the molecule is CCOc1noc2cc(C)ccc12. The van der Waals surface area contributed by atoms with Crippen molar-refractivity contribution in [3.05, 3.63) is 23.8 Å². The van der Waals surface area contributed by atoms with Gasteiger partial charge in [0.15, 0.2) is 5.58 Å². The first-order chi connectivity index (χ1) is 6.31. The van der Waals surface area contributed by atoms with Crippen LogP contribution in [0.25, 0.3) is 11.0 Å². The molecular formula is C10H11NO2. The molecule has 3 heteroatoms. The zero-order valence-corrected chi connectivity index (χ0v) is 7.70. The number of aromatic nitrogens is 1. The Kier molecular flexibility index (Phi) is 1.93. The minimum absolute atomic E-state index is 0.581. The third-order valence-corrected chi connectivity index (χ3v) is 1.88. The van der Waals surface area contributed by atoms with E-state index in [2.05, 4.69) is 5.16 Å². The topological polar surface area (TPSA) is 35.3 Å².